The summed E-state index contributed by atoms with van der Waals surface area (Å²) in [4.78, 5) is 0. The Bertz CT molecular complexity index is 1230. The van der Waals surface area contributed by atoms with E-state index in [0.29, 0.717) is 41.9 Å². The fourth-order valence-electron chi connectivity index (χ4n) is 13.0. The Hall–Kier alpha value is -0.480. The largest absolute Gasteiger partial charge is 0.393 e. The molecule has 8 fully saturated rings. The van der Waals surface area contributed by atoms with Crippen LogP contribution >= 0.6 is 0 Å². The second-order valence-corrected chi connectivity index (χ2v) is 18.3. The van der Waals surface area contributed by atoms with Crippen LogP contribution in [-0.2, 0) is 28.4 Å². The first-order valence-corrected chi connectivity index (χ1v) is 19.7. The van der Waals surface area contributed by atoms with Crippen molar-refractivity contribution in [2.45, 2.75) is 172 Å². The van der Waals surface area contributed by atoms with Crippen LogP contribution in [0.4, 0.5) is 0 Å². The minimum absolute atomic E-state index is 0.163. The molecule has 1 spiro atoms. The van der Waals surface area contributed by atoms with Crippen LogP contribution in [0.2, 0.25) is 0 Å². The van der Waals surface area contributed by atoms with Crippen LogP contribution in [0.3, 0.4) is 0 Å². The lowest BCUT2D eigenvalue weighted by atomic mass is 9.43. The lowest BCUT2D eigenvalue weighted by molar-refractivity contribution is -0.366. The van der Waals surface area contributed by atoms with Crippen LogP contribution in [0.25, 0.3) is 0 Å². The van der Waals surface area contributed by atoms with Gasteiger partial charge in [-0.15, -0.1) is 0 Å². The average molecular weight is 711 g/mol. The zero-order valence-electron chi connectivity index (χ0n) is 30.4. The van der Waals surface area contributed by atoms with E-state index in [2.05, 4.69) is 27.7 Å². The minimum atomic E-state index is -1.59. The zero-order chi connectivity index (χ0) is 35.5. The van der Waals surface area contributed by atoms with Crippen molar-refractivity contribution >= 4 is 0 Å². The first kappa shape index (κ1) is 36.5. The van der Waals surface area contributed by atoms with Crippen LogP contribution in [0, 0.1) is 52.3 Å². The maximum Gasteiger partial charge on any atom is 0.187 e. The molecule has 4 aliphatic heterocycles. The van der Waals surface area contributed by atoms with Crippen LogP contribution in [0.1, 0.15) is 92.4 Å². The third kappa shape index (κ3) is 5.52. The summed E-state index contributed by atoms with van der Waals surface area (Å²) in [6.07, 6.45) is -3.88. The lowest BCUT2D eigenvalue weighted by Crippen LogP contribution is -2.64. The minimum Gasteiger partial charge on any atom is -0.393 e. The van der Waals surface area contributed by atoms with Gasteiger partial charge in [-0.3, -0.25) is 0 Å². The summed E-state index contributed by atoms with van der Waals surface area (Å²) >= 11 is 0. The molecule has 0 aromatic rings. The molecule has 0 aromatic heterocycles. The Morgan fingerprint density at radius 2 is 1.50 bits per heavy atom. The van der Waals surface area contributed by atoms with E-state index < -0.39 is 73.3 Å². The van der Waals surface area contributed by atoms with E-state index in [4.69, 9.17) is 28.4 Å². The quantitative estimate of drug-likeness (QED) is 0.251. The maximum atomic E-state index is 11.2. The van der Waals surface area contributed by atoms with Gasteiger partial charge in [-0.2, -0.15) is 0 Å². The highest BCUT2D eigenvalue weighted by molar-refractivity contribution is 5.16. The van der Waals surface area contributed by atoms with E-state index in [1.807, 2.05) is 0 Å². The van der Waals surface area contributed by atoms with E-state index in [1.54, 1.807) is 6.92 Å². The molecule has 286 valence electrons. The second-order valence-electron chi connectivity index (χ2n) is 18.3. The van der Waals surface area contributed by atoms with Gasteiger partial charge in [0.15, 0.2) is 18.4 Å². The van der Waals surface area contributed by atoms with Crippen molar-refractivity contribution in [2.75, 3.05) is 13.2 Å². The molecule has 4 heterocycles. The Morgan fingerprint density at radius 3 is 2.24 bits per heavy atom. The molecular formula is C38H62O12. The van der Waals surface area contributed by atoms with Gasteiger partial charge >= 0.3 is 0 Å². The normalized spacial score (nSPS) is 60.9. The Balaban J connectivity index is 1.03. The Morgan fingerprint density at radius 1 is 0.720 bits per heavy atom. The summed E-state index contributed by atoms with van der Waals surface area (Å²) in [7, 11) is 0. The molecule has 4 saturated carbocycles. The molecule has 8 rings (SSSR count). The molecule has 0 amide bonds. The third-order valence-corrected chi connectivity index (χ3v) is 15.8. The third-order valence-electron chi connectivity index (χ3n) is 15.8. The van der Waals surface area contributed by atoms with Gasteiger partial charge in [0.25, 0.3) is 0 Å². The van der Waals surface area contributed by atoms with E-state index >= 15 is 0 Å². The van der Waals surface area contributed by atoms with E-state index in [0.717, 1.165) is 58.0 Å². The molecule has 0 unspecified atom stereocenters. The van der Waals surface area contributed by atoms with Crippen LogP contribution in [0.15, 0.2) is 0 Å². The van der Waals surface area contributed by atoms with E-state index in [-0.39, 0.29) is 29.5 Å². The summed E-state index contributed by atoms with van der Waals surface area (Å²) < 4.78 is 38.1. The van der Waals surface area contributed by atoms with E-state index in [9.17, 15) is 30.6 Å². The molecule has 50 heavy (non-hydrogen) atoms. The highest BCUT2D eigenvalue weighted by Gasteiger charge is 2.70. The first-order valence-electron chi connectivity index (χ1n) is 19.7. The number of fused-ring (bicyclic) bond motifs is 7. The molecule has 6 N–H and O–H groups in total. The SMILES string of the molecule is C[C@H]1CC[C@@]2(OC1)O[C@H]1C[C@H]3[C@@H]4CC[C@@H]5C[C@@H](O)C[C@@H](O[C@H]6OC[C@@H](O)[C@H](O)[C@H]6O[C@@H]6O[C@@H](C)[C@H](O)[C@@H](O)[C@H]6O)[C@]5(C)[C@H]4CC[C@]3(C)[C@H]1[C@@H]2C. The van der Waals surface area contributed by atoms with Gasteiger partial charge in [-0.1, -0.05) is 27.7 Å². The van der Waals surface area contributed by atoms with Crippen molar-refractivity contribution in [3.8, 4) is 0 Å². The van der Waals surface area contributed by atoms with Crippen molar-refractivity contribution in [1.82, 2.24) is 0 Å². The summed E-state index contributed by atoms with van der Waals surface area (Å²) in [5.41, 5.74) is -0.112. The van der Waals surface area contributed by atoms with Crippen molar-refractivity contribution in [2.24, 2.45) is 52.3 Å². The van der Waals surface area contributed by atoms with Crippen molar-refractivity contribution in [1.29, 1.82) is 0 Å². The van der Waals surface area contributed by atoms with Crippen LogP contribution in [0.5, 0.6) is 0 Å². The van der Waals surface area contributed by atoms with Gasteiger partial charge in [-0.25, -0.2) is 0 Å². The molecule has 4 aliphatic carbocycles. The smallest absolute Gasteiger partial charge is 0.187 e. The number of hydrogen-bond donors (Lipinski definition) is 6. The molecule has 0 bridgehead atoms. The molecular weight excluding hydrogens is 648 g/mol. The number of aliphatic hydroxyl groups excluding tert-OH is 6. The second kappa shape index (κ2) is 13.1. The first-order chi connectivity index (χ1) is 23.7. The number of ether oxygens (including phenoxy) is 6. The standard InChI is InChI=1S/C38H62O12/c1-17-8-11-38(46-15-17)18(2)28-26(50-38)14-24-22-7-6-20-12-21(39)13-27(37(20,5)23(22)9-10-36(24,28)4)48-35-33(30(42)25(40)16-45-35)49-34-32(44)31(43)29(41)19(3)47-34/h17-35,39-44H,6-16H2,1-5H3/t17-,18-,19-,20+,21+,22+,23-,24-,25+,26-,27+,28-,29-,30-,31+,32+,33+,34-,35+,36-,37-,38+/m0/s1. The molecule has 0 radical (unpaired) electrons. The van der Waals surface area contributed by atoms with Crippen molar-refractivity contribution < 1.29 is 59.1 Å². The predicted octanol–water partition coefficient (Wildman–Crippen LogP) is 2.08. The summed E-state index contributed by atoms with van der Waals surface area (Å²) in [6, 6.07) is 0. The summed E-state index contributed by atoms with van der Waals surface area (Å²) in [5, 5.41) is 64.2. The van der Waals surface area contributed by atoms with Gasteiger partial charge in [0.2, 0.25) is 0 Å². The lowest BCUT2D eigenvalue weighted by Gasteiger charge is -2.63. The number of hydrogen-bond acceptors (Lipinski definition) is 12. The zero-order valence-corrected chi connectivity index (χ0v) is 30.4. The highest BCUT2D eigenvalue weighted by Crippen LogP contribution is 2.71. The van der Waals surface area contributed by atoms with Gasteiger partial charge in [0, 0.05) is 18.8 Å². The Labute approximate surface area is 296 Å². The fourth-order valence-corrected chi connectivity index (χ4v) is 13.0. The highest BCUT2D eigenvalue weighted by atomic mass is 16.8. The summed E-state index contributed by atoms with van der Waals surface area (Å²) in [6.45, 7) is 11.6. The molecule has 12 heteroatoms. The summed E-state index contributed by atoms with van der Waals surface area (Å²) in [5.74, 6) is 2.58. The number of rotatable bonds is 4. The van der Waals surface area contributed by atoms with Gasteiger partial charge in [0.1, 0.15) is 36.6 Å². The molecule has 12 nitrogen and oxygen atoms in total. The average Bonchev–Trinajstić information content (AvgIpc) is 3.53. The van der Waals surface area contributed by atoms with Gasteiger partial charge < -0.3 is 59.1 Å². The fraction of sp³-hybridized carbons (Fsp3) is 1.00. The monoisotopic (exact) mass is 710 g/mol. The molecule has 4 saturated heterocycles. The maximum absolute atomic E-state index is 11.2. The van der Waals surface area contributed by atoms with Gasteiger partial charge in [0.05, 0.1) is 37.6 Å². The Kier molecular flexibility index (Phi) is 9.55. The topological polar surface area (TPSA) is 177 Å². The molecule has 22 atom stereocenters. The van der Waals surface area contributed by atoms with Crippen LogP contribution in [-0.4, -0.2) is 123 Å². The molecule has 0 aromatic carbocycles. The van der Waals surface area contributed by atoms with Crippen LogP contribution < -0.4 is 0 Å². The predicted molar refractivity (Wildman–Crippen MR) is 177 cm³/mol. The van der Waals surface area contributed by atoms with Crippen molar-refractivity contribution in [3.63, 3.8) is 0 Å². The van der Waals surface area contributed by atoms with E-state index in [1.165, 1.54) is 0 Å². The number of aliphatic hydroxyl groups is 6. The van der Waals surface area contributed by atoms with Crippen molar-refractivity contribution in [3.05, 3.63) is 0 Å². The molecule has 8 aliphatic rings. The van der Waals surface area contributed by atoms with Gasteiger partial charge in [-0.05, 0) is 98.2 Å².